The highest BCUT2D eigenvalue weighted by Crippen LogP contribution is 2.39. The van der Waals surface area contributed by atoms with Gasteiger partial charge in [0.05, 0.1) is 0 Å². The minimum Gasteiger partial charge on any atom is -0.316 e. The Bertz CT molecular complexity index is 138. The first-order chi connectivity index (χ1) is 6.77. The Hall–Kier alpha value is -0.0400. The molecule has 0 aromatic rings. The molecule has 1 saturated carbocycles. The first kappa shape index (κ1) is 12.0. The minimum atomic E-state index is 0.656. The van der Waals surface area contributed by atoms with Gasteiger partial charge in [0.15, 0.2) is 0 Å². The van der Waals surface area contributed by atoms with Crippen LogP contribution in [0.25, 0.3) is 0 Å². The second-order valence-electron chi connectivity index (χ2n) is 5.26. The van der Waals surface area contributed by atoms with Crippen LogP contribution >= 0.6 is 0 Å². The van der Waals surface area contributed by atoms with E-state index < -0.39 is 0 Å². The summed E-state index contributed by atoms with van der Waals surface area (Å²) in [5, 5.41) is 3.60. The molecule has 0 aromatic heterocycles. The maximum absolute atomic E-state index is 3.60. The summed E-state index contributed by atoms with van der Waals surface area (Å²) < 4.78 is 0. The van der Waals surface area contributed by atoms with Gasteiger partial charge in [-0.3, -0.25) is 0 Å². The lowest BCUT2D eigenvalue weighted by Crippen LogP contribution is -2.37. The highest BCUT2D eigenvalue weighted by atomic mass is 14.9. The van der Waals surface area contributed by atoms with Crippen molar-refractivity contribution in [3.8, 4) is 0 Å². The average molecular weight is 197 g/mol. The van der Waals surface area contributed by atoms with Crippen molar-refractivity contribution in [3.63, 3.8) is 0 Å². The molecule has 1 fully saturated rings. The topological polar surface area (TPSA) is 12.0 Å². The highest BCUT2D eigenvalue weighted by Gasteiger charge is 2.30. The Labute approximate surface area is 89.7 Å². The van der Waals surface area contributed by atoms with Crippen LogP contribution in [0.4, 0.5) is 0 Å². The van der Waals surface area contributed by atoms with E-state index in [1.807, 2.05) is 0 Å². The summed E-state index contributed by atoms with van der Waals surface area (Å²) in [6, 6.07) is 0. The number of rotatable bonds is 8. The molecule has 1 nitrogen and oxygen atoms in total. The predicted molar refractivity (Wildman–Crippen MR) is 63.6 cm³/mol. The van der Waals surface area contributed by atoms with E-state index in [0.717, 1.165) is 0 Å². The minimum absolute atomic E-state index is 0.656. The predicted octanol–water partition coefficient (Wildman–Crippen LogP) is 3.74. The van der Waals surface area contributed by atoms with Crippen LogP contribution in [0.1, 0.15) is 65.2 Å². The molecule has 1 N–H and O–H groups in total. The highest BCUT2D eigenvalue weighted by molar-refractivity contribution is 4.84. The molecule has 1 aliphatic carbocycles. The molecule has 0 unspecified atom stereocenters. The van der Waals surface area contributed by atoms with Gasteiger partial charge in [-0.25, -0.2) is 0 Å². The van der Waals surface area contributed by atoms with E-state index >= 15 is 0 Å². The SMILES string of the molecule is CCCCCCCNCC1(C)CCC1. The van der Waals surface area contributed by atoms with Crippen molar-refractivity contribution >= 4 is 0 Å². The lowest BCUT2D eigenvalue weighted by molar-refractivity contribution is 0.157. The number of hydrogen-bond acceptors (Lipinski definition) is 1. The van der Waals surface area contributed by atoms with E-state index in [1.165, 1.54) is 64.5 Å². The van der Waals surface area contributed by atoms with Gasteiger partial charge in [0.1, 0.15) is 0 Å². The molecule has 1 rings (SSSR count). The van der Waals surface area contributed by atoms with E-state index in [1.54, 1.807) is 0 Å². The largest absolute Gasteiger partial charge is 0.316 e. The molecule has 0 heterocycles. The van der Waals surface area contributed by atoms with Gasteiger partial charge in [-0.15, -0.1) is 0 Å². The molecule has 0 aliphatic heterocycles. The van der Waals surface area contributed by atoms with Gasteiger partial charge < -0.3 is 5.32 Å². The Morgan fingerprint density at radius 3 is 2.36 bits per heavy atom. The van der Waals surface area contributed by atoms with Crippen molar-refractivity contribution in [2.45, 2.75) is 65.2 Å². The van der Waals surface area contributed by atoms with Crippen LogP contribution in [0.2, 0.25) is 0 Å². The molecule has 1 heteroatoms. The molecule has 0 radical (unpaired) electrons. The summed E-state index contributed by atoms with van der Waals surface area (Å²) in [7, 11) is 0. The average Bonchev–Trinajstić information content (AvgIpc) is 2.14. The van der Waals surface area contributed by atoms with E-state index in [0.29, 0.717) is 5.41 Å². The van der Waals surface area contributed by atoms with Crippen LogP contribution in [-0.4, -0.2) is 13.1 Å². The van der Waals surface area contributed by atoms with Gasteiger partial charge in [-0.2, -0.15) is 0 Å². The fourth-order valence-corrected chi connectivity index (χ4v) is 2.20. The normalized spacial score (nSPS) is 19.3. The number of hydrogen-bond donors (Lipinski definition) is 1. The summed E-state index contributed by atoms with van der Waals surface area (Å²) in [6.45, 7) is 7.18. The van der Waals surface area contributed by atoms with E-state index in [2.05, 4.69) is 19.2 Å². The molecule has 0 amide bonds. The molecule has 84 valence electrons. The fraction of sp³-hybridized carbons (Fsp3) is 1.00. The van der Waals surface area contributed by atoms with Gasteiger partial charge in [0, 0.05) is 6.54 Å². The Kier molecular flexibility index (Phi) is 5.54. The molecule has 1 aliphatic rings. The van der Waals surface area contributed by atoms with Crippen molar-refractivity contribution in [2.75, 3.05) is 13.1 Å². The van der Waals surface area contributed by atoms with Crippen LogP contribution in [0.15, 0.2) is 0 Å². The standard InChI is InChI=1S/C13H27N/c1-3-4-5-6-7-11-14-12-13(2)9-8-10-13/h14H,3-12H2,1-2H3. The molecular formula is C13H27N. The second-order valence-corrected chi connectivity index (χ2v) is 5.26. The Morgan fingerprint density at radius 2 is 1.79 bits per heavy atom. The van der Waals surface area contributed by atoms with Crippen LogP contribution in [-0.2, 0) is 0 Å². The van der Waals surface area contributed by atoms with Crippen molar-refractivity contribution in [1.29, 1.82) is 0 Å². The first-order valence-corrected chi connectivity index (χ1v) is 6.47. The Morgan fingerprint density at radius 1 is 1.07 bits per heavy atom. The van der Waals surface area contributed by atoms with E-state index in [-0.39, 0.29) is 0 Å². The third-order valence-corrected chi connectivity index (χ3v) is 3.57. The van der Waals surface area contributed by atoms with Crippen molar-refractivity contribution < 1.29 is 0 Å². The van der Waals surface area contributed by atoms with Gasteiger partial charge in [0.2, 0.25) is 0 Å². The molecule has 0 atom stereocenters. The third kappa shape index (κ3) is 4.45. The van der Waals surface area contributed by atoms with E-state index in [9.17, 15) is 0 Å². The van der Waals surface area contributed by atoms with Crippen LogP contribution in [0.5, 0.6) is 0 Å². The van der Waals surface area contributed by atoms with Gasteiger partial charge >= 0.3 is 0 Å². The molecule has 0 aromatic carbocycles. The maximum atomic E-state index is 3.60. The third-order valence-electron chi connectivity index (χ3n) is 3.57. The zero-order valence-electron chi connectivity index (χ0n) is 10.1. The summed E-state index contributed by atoms with van der Waals surface area (Å²) in [5.74, 6) is 0. The second kappa shape index (κ2) is 6.44. The van der Waals surface area contributed by atoms with Crippen molar-refractivity contribution in [1.82, 2.24) is 5.32 Å². The zero-order chi connectivity index (χ0) is 10.3. The molecular weight excluding hydrogens is 170 g/mol. The maximum Gasteiger partial charge on any atom is 0.000516 e. The lowest BCUT2D eigenvalue weighted by atomic mass is 9.70. The molecule has 0 bridgehead atoms. The first-order valence-electron chi connectivity index (χ1n) is 6.47. The number of nitrogens with one attached hydrogen (secondary N) is 1. The fourth-order valence-electron chi connectivity index (χ4n) is 2.20. The smallest absolute Gasteiger partial charge is 0.000516 e. The van der Waals surface area contributed by atoms with E-state index in [4.69, 9.17) is 0 Å². The quantitative estimate of drug-likeness (QED) is 0.585. The lowest BCUT2D eigenvalue weighted by Gasteiger charge is -2.38. The van der Waals surface area contributed by atoms with Gasteiger partial charge in [0.25, 0.3) is 0 Å². The summed E-state index contributed by atoms with van der Waals surface area (Å²) in [4.78, 5) is 0. The van der Waals surface area contributed by atoms with Crippen LogP contribution in [0, 0.1) is 5.41 Å². The number of unbranched alkanes of at least 4 members (excludes halogenated alkanes) is 4. The van der Waals surface area contributed by atoms with Crippen LogP contribution in [0.3, 0.4) is 0 Å². The van der Waals surface area contributed by atoms with Gasteiger partial charge in [-0.1, -0.05) is 46.0 Å². The van der Waals surface area contributed by atoms with Crippen molar-refractivity contribution in [3.05, 3.63) is 0 Å². The van der Waals surface area contributed by atoms with Gasteiger partial charge in [-0.05, 0) is 31.2 Å². The summed E-state index contributed by atoms with van der Waals surface area (Å²) >= 11 is 0. The molecule has 0 saturated heterocycles. The monoisotopic (exact) mass is 197 g/mol. The summed E-state index contributed by atoms with van der Waals surface area (Å²) in [6.07, 6.45) is 11.3. The molecule has 14 heavy (non-hydrogen) atoms. The Balaban J connectivity index is 1.80. The van der Waals surface area contributed by atoms with Crippen molar-refractivity contribution in [2.24, 2.45) is 5.41 Å². The summed E-state index contributed by atoms with van der Waals surface area (Å²) in [5.41, 5.74) is 0.656. The zero-order valence-corrected chi connectivity index (χ0v) is 10.1. The van der Waals surface area contributed by atoms with Crippen LogP contribution < -0.4 is 5.32 Å². The molecule has 0 spiro atoms.